The fourth-order valence-electron chi connectivity index (χ4n) is 1.65. The van der Waals surface area contributed by atoms with Crippen molar-refractivity contribution in [2.45, 2.75) is 19.9 Å². The van der Waals surface area contributed by atoms with E-state index in [2.05, 4.69) is 31.3 Å². The van der Waals surface area contributed by atoms with Crippen molar-refractivity contribution in [2.75, 3.05) is 7.05 Å². The minimum Gasteiger partial charge on any atom is -0.464 e. The molecule has 1 aromatic carbocycles. The molecule has 0 aliphatic carbocycles. The Balaban J connectivity index is 2.61. The third-order valence-electron chi connectivity index (χ3n) is 2.66. The van der Waals surface area contributed by atoms with Crippen molar-refractivity contribution in [3.05, 3.63) is 35.6 Å². The summed E-state index contributed by atoms with van der Waals surface area (Å²) in [6.45, 7) is 4.23. The molecule has 0 saturated heterocycles. The third kappa shape index (κ3) is 1.42. The van der Waals surface area contributed by atoms with Crippen LogP contribution in [0.4, 0.5) is 0 Å². The van der Waals surface area contributed by atoms with Gasteiger partial charge in [-0.25, -0.2) is 0 Å². The number of furan rings is 1. The molecule has 74 valence electrons. The zero-order valence-electron chi connectivity index (χ0n) is 8.79. The maximum Gasteiger partial charge on any atom is 0.134 e. The molecule has 0 fully saturated rings. The second-order valence-corrected chi connectivity index (χ2v) is 3.70. The Kier molecular flexibility index (Phi) is 2.30. The largest absolute Gasteiger partial charge is 0.464 e. The summed E-state index contributed by atoms with van der Waals surface area (Å²) in [4.78, 5) is 0. The van der Waals surface area contributed by atoms with Crippen LogP contribution in [0.25, 0.3) is 11.0 Å². The third-order valence-corrected chi connectivity index (χ3v) is 2.66. The summed E-state index contributed by atoms with van der Waals surface area (Å²) in [5.74, 6) is 0. The highest BCUT2D eigenvalue weighted by Gasteiger charge is 2.10. The van der Waals surface area contributed by atoms with Crippen LogP contribution in [-0.4, -0.2) is 7.05 Å². The number of hydrogen-bond acceptors (Lipinski definition) is 2. The van der Waals surface area contributed by atoms with E-state index in [1.807, 2.05) is 19.4 Å². The van der Waals surface area contributed by atoms with Crippen LogP contribution in [0.3, 0.4) is 0 Å². The molecule has 2 heteroatoms. The predicted molar refractivity (Wildman–Crippen MR) is 58.4 cm³/mol. The Hall–Kier alpha value is -1.28. The SMILES string of the molecule is CNC(C)c1coc2ccc(C)cc12. The lowest BCUT2D eigenvalue weighted by Crippen LogP contribution is -2.11. The topological polar surface area (TPSA) is 25.2 Å². The summed E-state index contributed by atoms with van der Waals surface area (Å²) in [6.07, 6.45) is 1.84. The number of nitrogens with one attached hydrogen (secondary N) is 1. The van der Waals surface area contributed by atoms with Gasteiger partial charge in [-0.05, 0) is 33.0 Å². The number of hydrogen-bond donors (Lipinski definition) is 1. The molecular formula is C12H15NO. The Morgan fingerprint density at radius 2 is 2.14 bits per heavy atom. The number of benzene rings is 1. The summed E-state index contributed by atoms with van der Waals surface area (Å²) >= 11 is 0. The second-order valence-electron chi connectivity index (χ2n) is 3.70. The van der Waals surface area contributed by atoms with Gasteiger partial charge in [-0.15, -0.1) is 0 Å². The van der Waals surface area contributed by atoms with E-state index in [1.54, 1.807) is 0 Å². The van der Waals surface area contributed by atoms with E-state index in [0.29, 0.717) is 6.04 Å². The highest BCUT2D eigenvalue weighted by molar-refractivity contribution is 5.82. The van der Waals surface area contributed by atoms with E-state index in [1.165, 1.54) is 16.5 Å². The van der Waals surface area contributed by atoms with Gasteiger partial charge in [0.05, 0.1) is 6.26 Å². The Morgan fingerprint density at radius 3 is 2.86 bits per heavy atom. The van der Waals surface area contributed by atoms with Crippen LogP contribution in [-0.2, 0) is 0 Å². The first-order valence-electron chi connectivity index (χ1n) is 4.87. The second kappa shape index (κ2) is 3.46. The molecule has 1 atom stereocenters. The zero-order chi connectivity index (χ0) is 10.1. The van der Waals surface area contributed by atoms with E-state index in [0.717, 1.165) is 5.58 Å². The normalized spacial score (nSPS) is 13.4. The average molecular weight is 189 g/mol. The van der Waals surface area contributed by atoms with Crippen molar-refractivity contribution in [1.29, 1.82) is 0 Å². The zero-order valence-corrected chi connectivity index (χ0v) is 8.79. The fraction of sp³-hybridized carbons (Fsp3) is 0.333. The minimum atomic E-state index is 0.332. The number of fused-ring (bicyclic) bond motifs is 1. The monoisotopic (exact) mass is 189 g/mol. The van der Waals surface area contributed by atoms with Gasteiger partial charge in [0, 0.05) is 17.0 Å². The Labute approximate surface area is 83.9 Å². The van der Waals surface area contributed by atoms with Crippen LogP contribution in [0.5, 0.6) is 0 Å². The standard InChI is InChI=1S/C12H15NO/c1-8-4-5-12-10(6-8)11(7-14-12)9(2)13-3/h4-7,9,13H,1-3H3. The van der Waals surface area contributed by atoms with Gasteiger partial charge >= 0.3 is 0 Å². The molecule has 0 radical (unpaired) electrons. The van der Waals surface area contributed by atoms with Crippen molar-refractivity contribution >= 4 is 11.0 Å². The smallest absolute Gasteiger partial charge is 0.134 e. The van der Waals surface area contributed by atoms with Gasteiger partial charge < -0.3 is 9.73 Å². The Morgan fingerprint density at radius 1 is 1.36 bits per heavy atom. The lowest BCUT2D eigenvalue weighted by Gasteiger charge is -2.07. The molecule has 0 bridgehead atoms. The van der Waals surface area contributed by atoms with Gasteiger partial charge in [-0.1, -0.05) is 11.6 Å². The summed E-state index contributed by atoms with van der Waals surface area (Å²) < 4.78 is 5.49. The van der Waals surface area contributed by atoms with Crippen LogP contribution in [0, 0.1) is 6.92 Å². The van der Waals surface area contributed by atoms with Crippen LogP contribution >= 0.6 is 0 Å². The summed E-state index contributed by atoms with van der Waals surface area (Å²) in [6, 6.07) is 6.59. The van der Waals surface area contributed by atoms with Crippen molar-refractivity contribution in [3.8, 4) is 0 Å². The van der Waals surface area contributed by atoms with Gasteiger partial charge in [0.25, 0.3) is 0 Å². The highest BCUT2D eigenvalue weighted by atomic mass is 16.3. The summed E-state index contributed by atoms with van der Waals surface area (Å²) in [7, 11) is 1.96. The molecular weight excluding hydrogens is 174 g/mol. The van der Waals surface area contributed by atoms with Crippen LogP contribution in [0.1, 0.15) is 24.1 Å². The van der Waals surface area contributed by atoms with Gasteiger partial charge in [0.2, 0.25) is 0 Å². The van der Waals surface area contributed by atoms with Crippen molar-refractivity contribution in [2.24, 2.45) is 0 Å². The molecule has 0 spiro atoms. The van der Waals surface area contributed by atoms with Crippen molar-refractivity contribution in [1.82, 2.24) is 5.32 Å². The van der Waals surface area contributed by atoms with Gasteiger partial charge in [-0.2, -0.15) is 0 Å². The lowest BCUT2D eigenvalue weighted by molar-refractivity contribution is 0.588. The molecule has 2 nitrogen and oxygen atoms in total. The molecule has 1 heterocycles. The average Bonchev–Trinajstić information content (AvgIpc) is 2.59. The molecule has 0 saturated carbocycles. The predicted octanol–water partition coefficient (Wildman–Crippen LogP) is 3.02. The molecule has 14 heavy (non-hydrogen) atoms. The summed E-state index contributed by atoms with van der Waals surface area (Å²) in [5.41, 5.74) is 3.46. The number of rotatable bonds is 2. The first kappa shape index (κ1) is 9.28. The van der Waals surface area contributed by atoms with E-state index >= 15 is 0 Å². The first-order valence-corrected chi connectivity index (χ1v) is 4.87. The number of aryl methyl sites for hydroxylation is 1. The van der Waals surface area contributed by atoms with Crippen molar-refractivity contribution in [3.63, 3.8) is 0 Å². The van der Waals surface area contributed by atoms with Gasteiger partial charge in [-0.3, -0.25) is 0 Å². The Bertz CT molecular complexity index is 445. The van der Waals surface area contributed by atoms with Gasteiger partial charge in [0.15, 0.2) is 0 Å². The summed E-state index contributed by atoms with van der Waals surface area (Å²) in [5, 5.41) is 4.43. The van der Waals surface area contributed by atoms with Crippen molar-refractivity contribution < 1.29 is 4.42 Å². The van der Waals surface area contributed by atoms with E-state index in [9.17, 15) is 0 Å². The minimum absolute atomic E-state index is 0.332. The van der Waals surface area contributed by atoms with Crippen LogP contribution in [0.2, 0.25) is 0 Å². The molecule has 1 N–H and O–H groups in total. The molecule has 2 rings (SSSR count). The maximum absolute atomic E-state index is 5.49. The highest BCUT2D eigenvalue weighted by Crippen LogP contribution is 2.26. The van der Waals surface area contributed by atoms with E-state index in [4.69, 9.17) is 4.42 Å². The van der Waals surface area contributed by atoms with E-state index < -0.39 is 0 Å². The molecule has 1 unspecified atom stereocenters. The molecule has 0 amide bonds. The molecule has 1 aromatic heterocycles. The van der Waals surface area contributed by atoms with E-state index in [-0.39, 0.29) is 0 Å². The molecule has 0 aliphatic rings. The van der Waals surface area contributed by atoms with Crippen LogP contribution in [0.15, 0.2) is 28.9 Å². The quantitative estimate of drug-likeness (QED) is 0.785. The first-order chi connectivity index (χ1) is 6.72. The lowest BCUT2D eigenvalue weighted by atomic mass is 10.1. The van der Waals surface area contributed by atoms with Crippen LogP contribution < -0.4 is 5.32 Å². The molecule has 0 aliphatic heterocycles. The maximum atomic E-state index is 5.49. The van der Waals surface area contributed by atoms with Gasteiger partial charge in [0.1, 0.15) is 5.58 Å². The molecule has 2 aromatic rings. The fourth-order valence-corrected chi connectivity index (χ4v) is 1.65.